The first kappa shape index (κ1) is 17.1. The number of nitrogens with one attached hydrogen (secondary N) is 2. The van der Waals surface area contributed by atoms with Crippen LogP contribution >= 0.6 is 11.3 Å². The number of hydrogen-bond acceptors (Lipinski definition) is 6. The summed E-state index contributed by atoms with van der Waals surface area (Å²) in [6.07, 6.45) is 1.88. The molecule has 8 heteroatoms. The van der Waals surface area contributed by atoms with Crippen LogP contribution in [0.5, 0.6) is 0 Å². The van der Waals surface area contributed by atoms with Crippen LogP contribution in [0, 0.1) is 0 Å². The number of esters is 1. The Hall–Kier alpha value is -1.96. The number of rotatable bonds is 8. The standard InChI is InChI=1S/C13H19N3O4S/c1-9(17)14-7-6-11(18)16-13-15-10(8-21-13)4-3-5-12(19)20-2/h8H,3-7H2,1-2H3,(H,14,17)(H,15,16,18). The molecule has 0 aromatic carbocycles. The summed E-state index contributed by atoms with van der Waals surface area (Å²) in [6, 6.07) is 0. The number of ether oxygens (including phenoxy) is 1. The molecule has 2 N–H and O–H groups in total. The lowest BCUT2D eigenvalue weighted by atomic mass is 10.2. The van der Waals surface area contributed by atoms with Gasteiger partial charge in [0, 0.05) is 31.7 Å². The van der Waals surface area contributed by atoms with Gasteiger partial charge in [-0.05, 0) is 12.8 Å². The summed E-state index contributed by atoms with van der Waals surface area (Å²) >= 11 is 1.34. The molecule has 7 nitrogen and oxygen atoms in total. The Balaban J connectivity index is 2.29. The minimum Gasteiger partial charge on any atom is -0.469 e. The lowest BCUT2D eigenvalue weighted by molar-refractivity contribution is -0.140. The van der Waals surface area contributed by atoms with Gasteiger partial charge in [0.25, 0.3) is 0 Å². The van der Waals surface area contributed by atoms with E-state index in [1.54, 1.807) is 0 Å². The second-order valence-corrected chi connectivity index (χ2v) is 5.21. The fraction of sp³-hybridized carbons (Fsp3) is 0.538. The van der Waals surface area contributed by atoms with E-state index >= 15 is 0 Å². The second kappa shape index (κ2) is 9.06. The first-order valence-corrected chi connectivity index (χ1v) is 7.44. The van der Waals surface area contributed by atoms with Crippen LogP contribution in [0.3, 0.4) is 0 Å². The van der Waals surface area contributed by atoms with E-state index in [9.17, 15) is 14.4 Å². The van der Waals surface area contributed by atoms with Gasteiger partial charge in [-0.15, -0.1) is 11.3 Å². The molecule has 0 saturated carbocycles. The average molecular weight is 313 g/mol. The van der Waals surface area contributed by atoms with Crippen molar-refractivity contribution in [2.45, 2.75) is 32.6 Å². The summed E-state index contributed by atoms with van der Waals surface area (Å²) in [4.78, 5) is 37.5. The van der Waals surface area contributed by atoms with Crippen molar-refractivity contribution in [2.24, 2.45) is 0 Å². The summed E-state index contributed by atoms with van der Waals surface area (Å²) in [7, 11) is 1.36. The third-order valence-electron chi connectivity index (χ3n) is 2.57. The predicted octanol–water partition coefficient (Wildman–Crippen LogP) is 1.10. The number of amides is 2. The first-order valence-electron chi connectivity index (χ1n) is 6.56. The largest absolute Gasteiger partial charge is 0.469 e. The van der Waals surface area contributed by atoms with Crippen molar-refractivity contribution >= 4 is 34.3 Å². The number of aromatic nitrogens is 1. The highest BCUT2D eigenvalue weighted by molar-refractivity contribution is 7.13. The number of aryl methyl sites for hydroxylation is 1. The van der Waals surface area contributed by atoms with Gasteiger partial charge in [0.2, 0.25) is 11.8 Å². The highest BCUT2D eigenvalue weighted by atomic mass is 32.1. The van der Waals surface area contributed by atoms with Crippen LogP contribution in [0.4, 0.5) is 5.13 Å². The van der Waals surface area contributed by atoms with Crippen molar-refractivity contribution in [3.05, 3.63) is 11.1 Å². The van der Waals surface area contributed by atoms with Crippen LogP contribution in [0.1, 0.15) is 31.9 Å². The highest BCUT2D eigenvalue weighted by Crippen LogP contribution is 2.17. The van der Waals surface area contributed by atoms with Crippen LogP contribution in [0.25, 0.3) is 0 Å². The van der Waals surface area contributed by atoms with E-state index in [1.807, 2.05) is 5.38 Å². The number of anilines is 1. The Bertz CT molecular complexity index is 501. The van der Waals surface area contributed by atoms with Gasteiger partial charge >= 0.3 is 5.97 Å². The Morgan fingerprint density at radius 1 is 1.33 bits per heavy atom. The minimum atomic E-state index is -0.239. The minimum absolute atomic E-state index is 0.162. The SMILES string of the molecule is COC(=O)CCCc1csc(NC(=O)CCNC(C)=O)n1. The van der Waals surface area contributed by atoms with Crippen molar-refractivity contribution in [1.82, 2.24) is 10.3 Å². The molecular formula is C13H19N3O4S. The summed E-state index contributed by atoms with van der Waals surface area (Å²) in [5, 5.41) is 7.59. The molecule has 1 aromatic rings. The van der Waals surface area contributed by atoms with Crippen LogP contribution in [0.2, 0.25) is 0 Å². The highest BCUT2D eigenvalue weighted by Gasteiger charge is 2.08. The lowest BCUT2D eigenvalue weighted by Crippen LogP contribution is -2.25. The third kappa shape index (κ3) is 7.40. The summed E-state index contributed by atoms with van der Waals surface area (Å²) in [5.74, 6) is -0.596. The first-order chi connectivity index (χ1) is 10.0. The molecule has 0 aliphatic heterocycles. The number of hydrogen-bond donors (Lipinski definition) is 2. The Morgan fingerprint density at radius 3 is 2.76 bits per heavy atom. The summed E-state index contributed by atoms with van der Waals surface area (Å²) in [6.45, 7) is 1.71. The van der Waals surface area contributed by atoms with E-state index in [1.165, 1.54) is 25.4 Å². The van der Waals surface area contributed by atoms with Crippen molar-refractivity contribution in [3.8, 4) is 0 Å². The molecule has 21 heavy (non-hydrogen) atoms. The van der Waals surface area contributed by atoms with Crippen LogP contribution in [-0.4, -0.2) is 36.4 Å². The van der Waals surface area contributed by atoms with Gasteiger partial charge in [0.1, 0.15) is 0 Å². The molecule has 0 atom stereocenters. The zero-order valence-corrected chi connectivity index (χ0v) is 12.9. The van der Waals surface area contributed by atoms with Crippen LogP contribution in [0.15, 0.2) is 5.38 Å². The molecule has 0 radical (unpaired) electrons. The Kier molecular flexibility index (Phi) is 7.38. The molecule has 1 aromatic heterocycles. The second-order valence-electron chi connectivity index (χ2n) is 4.35. The van der Waals surface area contributed by atoms with E-state index in [4.69, 9.17) is 0 Å². The topological polar surface area (TPSA) is 97.4 Å². The number of thiazole rings is 1. The predicted molar refractivity (Wildman–Crippen MR) is 79.0 cm³/mol. The van der Waals surface area contributed by atoms with Gasteiger partial charge < -0.3 is 15.4 Å². The van der Waals surface area contributed by atoms with Crippen molar-refractivity contribution in [3.63, 3.8) is 0 Å². The number of carbonyl (C=O) groups excluding carboxylic acids is 3. The lowest BCUT2D eigenvalue weighted by Gasteiger charge is -2.02. The third-order valence-corrected chi connectivity index (χ3v) is 3.37. The zero-order valence-electron chi connectivity index (χ0n) is 12.1. The van der Waals surface area contributed by atoms with Gasteiger partial charge in [-0.2, -0.15) is 0 Å². The van der Waals surface area contributed by atoms with Gasteiger partial charge in [-0.25, -0.2) is 4.98 Å². The van der Waals surface area contributed by atoms with Gasteiger partial charge in [0.15, 0.2) is 5.13 Å². The van der Waals surface area contributed by atoms with E-state index in [2.05, 4.69) is 20.4 Å². The van der Waals surface area contributed by atoms with Crippen LogP contribution < -0.4 is 10.6 Å². The summed E-state index contributed by atoms with van der Waals surface area (Å²) < 4.78 is 4.56. The molecule has 0 bridgehead atoms. The molecule has 2 amide bonds. The van der Waals surface area contributed by atoms with E-state index < -0.39 is 0 Å². The fourth-order valence-electron chi connectivity index (χ4n) is 1.53. The average Bonchev–Trinajstić information content (AvgIpc) is 2.85. The molecule has 1 rings (SSSR count). The van der Waals surface area contributed by atoms with Crippen molar-refractivity contribution in [1.29, 1.82) is 0 Å². The number of methoxy groups -OCH3 is 1. The molecular weight excluding hydrogens is 294 g/mol. The van der Waals surface area contributed by atoms with E-state index in [-0.39, 0.29) is 24.2 Å². The molecule has 1 heterocycles. The quantitative estimate of drug-likeness (QED) is 0.701. The maximum absolute atomic E-state index is 11.6. The van der Waals surface area contributed by atoms with Crippen molar-refractivity contribution < 1.29 is 19.1 Å². The maximum atomic E-state index is 11.6. The van der Waals surface area contributed by atoms with Crippen LogP contribution in [-0.2, 0) is 25.5 Å². The Morgan fingerprint density at radius 2 is 2.10 bits per heavy atom. The smallest absolute Gasteiger partial charge is 0.305 e. The van der Waals surface area contributed by atoms with Gasteiger partial charge in [0.05, 0.1) is 12.8 Å². The van der Waals surface area contributed by atoms with E-state index in [0.717, 1.165) is 5.69 Å². The normalized spacial score (nSPS) is 10.0. The van der Waals surface area contributed by atoms with Crippen molar-refractivity contribution in [2.75, 3.05) is 19.0 Å². The maximum Gasteiger partial charge on any atom is 0.305 e. The van der Waals surface area contributed by atoms with Gasteiger partial charge in [-0.3, -0.25) is 14.4 Å². The molecule has 116 valence electrons. The molecule has 0 aliphatic rings. The molecule has 0 saturated heterocycles. The van der Waals surface area contributed by atoms with Gasteiger partial charge in [-0.1, -0.05) is 0 Å². The molecule has 0 fully saturated rings. The summed E-state index contributed by atoms with van der Waals surface area (Å²) in [5.41, 5.74) is 0.834. The molecule has 0 aliphatic carbocycles. The molecule has 0 unspecified atom stereocenters. The fourth-order valence-corrected chi connectivity index (χ4v) is 2.29. The Labute approximate surface area is 127 Å². The monoisotopic (exact) mass is 313 g/mol. The zero-order chi connectivity index (χ0) is 15.7. The number of nitrogens with zero attached hydrogens (tertiary/aromatic N) is 1. The van der Waals surface area contributed by atoms with E-state index in [0.29, 0.717) is 30.9 Å². The molecule has 0 spiro atoms. The number of carbonyl (C=O) groups is 3.